The van der Waals surface area contributed by atoms with Gasteiger partial charge in [0.2, 0.25) is 0 Å². The smallest absolute Gasteiger partial charge is 0.271 e. The number of aliphatic hydroxyl groups excluding tert-OH is 1. The van der Waals surface area contributed by atoms with Crippen LogP contribution >= 0.6 is 0 Å². The van der Waals surface area contributed by atoms with Gasteiger partial charge in [-0.3, -0.25) is 14.6 Å². The van der Waals surface area contributed by atoms with Crippen molar-refractivity contribution in [3.63, 3.8) is 0 Å². The van der Waals surface area contributed by atoms with Gasteiger partial charge in [0.1, 0.15) is 11.8 Å². The maximum atomic E-state index is 11.6. The summed E-state index contributed by atoms with van der Waals surface area (Å²) in [5.41, 5.74) is 1.27. The van der Waals surface area contributed by atoms with Crippen LogP contribution in [0, 0.1) is 0 Å². The van der Waals surface area contributed by atoms with E-state index < -0.39 is 17.6 Å². The number of carbonyl (C=O) groups is 1. The van der Waals surface area contributed by atoms with Crippen molar-refractivity contribution < 1.29 is 9.90 Å². The van der Waals surface area contributed by atoms with E-state index in [1.54, 1.807) is 36.8 Å². The van der Waals surface area contributed by atoms with Gasteiger partial charge in [0, 0.05) is 24.2 Å². The second-order valence-electron chi connectivity index (χ2n) is 4.03. The number of nitrogens with zero attached hydrogens (tertiary/aromatic N) is 1. The van der Waals surface area contributed by atoms with Gasteiger partial charge < -0.3 is 15.4 Å². The summed E-state index contributed by atoms with van der Waals surface area (Å²) in [6.45, 7) is 1.33. The standard InChI is InChI=1S/C13H13N3O3/c1-8(17)12(18)16-11-6-10(7-15-13(11)19)9-2-4-14-5-3-9/h2-8,17H,1H3,(H,15,19)(H,16,18). The van der Waals surface area contributed by atoms with Crippen molar-refractivity contribution in [3.05, 3.63) is 47.1 Å². The second-order valence-corrected chi connectivity index (χ2v) is 4.03. The van der Waals surface area contributed by atoms with Crippen LogP contribution in [0.15, 0.2) is 41.6 Å². The molecular weight excluding hydrogens is 246 g/mol. The van der Waals surface area contributed by atoms with Gasteiger partial charge in [-0.2, -0.15) is 0 Å². The van der Waals surface area contributed by atoms with Crippen LogP contribution < -0.4 is 10.9 Å². The van der Waals surface area contributed by atoms with Crippen molar-refractivity contribution in [1.29, 1.82) is 0 Å². The van der Waals surface area contributed by atoms with Crippen LogP contribution in [-0.4, -0.2) is 27.1 Å². The Labute approximate surface area is 109 Å². The average Bonchev–Trinajstić information content (AvgIpc) is 2.42. The topological polar surface area (TPSA) is 95.1 Å². The van der Waals surface area contributed by atoms with Crippen LogP contribution in [0.25, 0.3) is 11.1 Å². The molecule has 0 aliphatic heterocycles. The number of aliphatic hydroxyl groups is 1. The first-order chi connectivity index (χ1) is 9.08. The van der Waals surface area contributed by atoms with E-state index >= 15 is 0 Å². The number of nitrogens with one attached hydrogen (secondary N) is 2. The summed E-state index contributed by atoms with van der Waals surface area (Å²) in [6.07, 6.45) is 3.64. The molecule has 6 heteroatoms. The van der Waals surface area contributed by atoms with E-state index in [-0.39, 0.29) is 5.69 Å². The predicted molar refractivity (Wildman–Crippen MR) is 70.6 cm³/mol. The Morgan fingerprint density at radius 1 is 1.37 bits per heavy atom. The molecule has 2 aromatic heterocycles. The molecule has 0 aliphatic rings. The molecule has 0 saturated carbocycles. The number of H-pyrrole nitrogens is 1. The number of carbonyl (C=O) groups excluding carboxylic acids is 1. The summed E-state index contributed by atoms with van der Waals surface area (Å²) in [5.74, 6) is -0.627. The van der Waals surface area contributed by atoms with E-state index in [2.05, 4.69) is 15.3 Å². The Bertz CT molecular complexity index is 635. The fraction of sp³-hybridized carbons (Fsp3) is 0.154. The molecule has 3 N–H and O–H groups in total. The quantitative estimate of drug-likeness (QED) is 0.758. The highest BCUT2D eigenvalue weighted by Crippen LogP contribution is 2.18. The third kappa shape index (κ3) is 3.05. The monoisotopic (exact) mass is 259 g/mol. The van der Waals surface area contributed by atoms with Crippen LogP contribution in [0.1, 0.15) is 6.92 Å². The lowest BCUT2D eigenvalue weighted by atomic mass is 10.1. The molecule has 98 valence electrons. The molecule has 0 aromatic carbocycles. The average molecular weight is 259 g/mol. The predicted octanol–water partition coefficient (Wildman–Crippen LogP) is 0.756. The summed E-state index contributed by atoms with van der Waals surface area (Å²) in [4.78, 5) is 29.4. The molecule has 1 amide bonds. The van der Waals surface area contributed by atoms with Crippen molar-refractivity contribution >= 4 is 11.6 Å². The SMILES string of the molecule is CC(O)C(=O)Nc1cc(-c2ccncc2)c[nH]c1=O. The molecule has 0 aliphatic carbocycles. The third-order valence-corrected chi connectivity index (χ3v) is 2.55. The van der Waals surface area contributed by atoms with Gasteiger partial charge in [-0.15, -0.1) is 0 Å². The lowest BCUT2D eigenvalue weighted by molar-refractivity contribution is -0.123. The molecule has 0 fully saturated rings. The molecule has 1 atom stereocenters. The highest BCUT2D eigenvalue weighted by molar-refractivity contribution is 5.94. The fourth-order valence-electron chi connectivity index (χ4n) is 1.52. The zero-order chi connectivity index (χ0) is 13.8. The summed E-state index contributed by atoms with van der Waals surface area (Å²) >= 11 is 0. The number of aromatic amines is 1. The maximum Gasteiger partial charge on any atom is 0.271 e. The Kier molecular flexibility index (Phi) is 3.72. The van der Waals surface area contributed by atoms with Crippen molar-refractivity contribution in [2.75, 3.05) is 5.32 Å². The highest BCUT2D eigenvalue weighted by atomic mass is 16.3. The zero-order valence-electron chi connectivity index (χ0n) is 10.3. The van der Waals surface area contributed by atoms with E-state index in [1.807, 2.05) is 0 Å². The second kappa shape index (κ2) is 5.45. The van der Waals surface area contributed by atoms with Crippen LogP contribution in [0.3, 0.4) is 0 Å². The first-order valence-electron chi connectivity index (χ1n) is 5.70. The minimum atomic E-state index is -1.18. The normalized spacial score (nSPS) is 11.9. The van der Waals surface area contributed by atoms with Gasteiger partial charge in [0.25, 0.3) is 11.5 Å². The van der Waals surface area contributed by atoms with Crippen molar-refractivity contribution in [3.8, 4) is 11.1 Å². The van der Waals surface area contributed by atoms with E-state index in [0.29, 0.717) is 0 Å². The number of hydrogen-bond acceptors (Lipinski definition) is 4. The molecule has 2 rings (SSSR count). The summed E-state index contributed by atoms with van der Waals surface area (Å²) in [7, 11) is 0. The van der Waals surface area contributed by atoms with Crippen molar-refractivity contribution in [2.24, 2.45) is 0 Å². The van der Waals surface area contributed by atoms with E-state index in [1.165, 1.54) is 6.92 Å². The number of amides is 1. The molecule has 19 heavy (non-hydrogen) atoms. The molecular formula is C13H13N3O3. The lowest BCUT2D eigenvalue weighted by Crippen LogP contribution is -2.27. The summed E-state index contributed by atoms with van der Waals surface area (Å²) in [6, 6.07) is 5.12. The first-order valence-corrected chi connectivity index (χ1v) is 5.70. The largest absolute Gasteiger partial charge is 0.384 e. The molecule has 2 heterocycles. The molecule has 1 unspecified atom stereocenters. The Morgan fingerprint density at radius 2 is 2.05 bits per heavy atom. The van der Waals surface area contributed by atoms with E-state index in [9.17, 15) is 9.59 Å². The Balaban J connectivity index is 2.35. The van der Waals surface area contributed by atoms with Gasteiger partial charge >= 0.3 is 0 Å². The highest BCUT2D eigenvalue weighted by Gasteiger charge is 2.11. The van der Waals surface area contributed by atoms with Gasteiger partial charge in [-0.1, -0.05) is 0 Å². The molecule has 0 bridgehead atoms. The van der Waals surface area contributed by atoms with Crippen molar-refractivity contribution in [2.45, 2.75) is 13.0 Å². The summed E-state index contributed by atoms with van der Waals surface area (Å²) < 4.78 is 0. The van der Waals surface area contributed by atoms with E-state index in [0.717, 1.165) is 11.1 Å². The van der Waals surface area contributed by atoms with Crippen LogP contribution in [0.5, 0.6) is 0 Å². The maximum absolute atomic E-state index is 11.6. The lowest BCUT2D eigenvalue weighted by Gasteiger charge is -2.08. The van der Waals surface area contributed by atoms with Gasteiger partial charge in [0.15, 0.2) is 0 Å². The molecule has 0 saturated heterocycles. The summed E-state index contributed by atoms with van der Waals surface area (Å²) in [5, 5.41) is 11.5. The number of pyridine rings is 2. The third-order valence-electron chi connectivity index (χ3n) is 2.55. The minimum Gasteiger partial charge on any atom is -0.384 e. The van der Waals surface area contributed by atoms with Gasteiger partial charge in [-0.05, 0) is 30.7 Å². The van der Waals surface area contributed by atoms with Crippen molar-refractivity contribution in [1.82, 2.24) is 9.97 Å². The Hall–Kier alpha value is -2.47. The van der Waals surface area contributed by atoms with Crippen LogP contribution in [-0.2, 0) is 4.79 Å². The molecule has 2 aromatic rings. The van der Waals surface area contributed by atoms with Crippen LogP contribution in [0.2, 0.25) is 0 Å². The molecule has 6 nitrogen and oxygen atoms in total. The van der Waals surface area contributed by atoms with Crippen LogP contribution in [0.4, 0.5) is 5.69 Å². The number of anilines is 1. The van der Waals surface area contributed by atoms with E-state index in [4.69, 9.17) is 5.11 Å². The Morgan fingerprint density at radius 3 is 2.68 bits per heavy atom. The minimum absolute atomic E-state index is 0.0974. The number of hydrogen-bond donors (Lipinski definition) is 3. The van der Waals surface area contributed by atoms with Gasteiger partial charge in [-0.25, -0.2) is 0 Å². The first kappa shape index (κ1) is 13.0. The zero-order valence-corrected chi connectivity index (χ0v) is 10.3. The number of aromatic nitrogens is 2. The molecule has 0 spiro atoms. The molecule has 0 radical (unpaired) electrons. The fourth-order valence-corrected chi connectivity index (χ4v) is 1.52. The van der Waals surface area contributed by atoms with Gasteiger partial charge in [0.05, 0.1) is 0 Å². The number of rotatable bonds is 3.